The van der Waals surface area contributed by atoms with E-state index in [0.717, 1.165) is 18.4 Å². The highest BCUT2D eigenvalue weighted by Gasteiger charge is 2.24. The minimum absolute atomic E-state index is 0.0858. The molecule has 1 aliphatic rings. The van der Waals surface area contributed by atoms with Gasteiger partial charge in [-0.25, -0.2) is 14.1 Å². The number of hydrogen-bond acceptors (Lipinski definition) is 6. The van der Waals surface area contributed by atoms with Gasteiger partial charge in [0, 0.05) is 24.9 Å². The van der Waals surface area contributed by atoms with Crippen molar-refractivity contribution in [3.8, 4) is 23.0 Å². The molecule has 3 aromatic rings. The van der Waals surface area contributed by atoms with E-state index in [1.165, 1.54) is 37.8 Å². The Bertz CT molecular complexity index is 1220. The molecule has 1 fully saturated rings. The predicted molar refractivity (Wildman–Crippen MR) is 113 cm³/mol. The Labute approximate surface area is 179 Å². The number of anilines is 1. The minimum atomic E-state index is -3.71. The van der Waals surface area contributed by atoms with Crippen molar-refractivity contribution >= 4 is 16.0 Å². The summed E-state index contributed by atoms with van der Waals surface area (Å²) in [6, 6.07) is 8.02. The van der Waals surface area contributed by atoms with E-state index in [4.69, 9.17) is 9.47 Å². The van der Waals surface area contributed by atoms with Gasteiger partial charge in [0.25, 0.3) is 10.2 Å². The maximum atomic E-state index is 14.5. The lowest BCUT2D eigenvalue weighted by Gasteiger charge is -2.14. The van der Waals surface area contributed by atoms with Gasteiger partial charge in [0.1, 0.15) is 11.6 Å². The van der Waals surface area contributed by atoms with E-state index >= 15 is 0 Å². The van der Waals surface area contributed by atoms with E-state index in [-0.39, 0.29) is 11.6 Å². The number of aromatic nitrogens is 2. The van der Waals surface area contributed by atoms with E-state index in [1.54, 1.807) is 19.1 Å². The zero-order chi connectivity index (χ0) is 22.0. The molecule has 0 radical (unpaired) electrons. The molecule has 0 amide bonds. The van der Waals surface area contributed by atoms with Crippen LogP contribution >= 0.6 is 0 Å². The number of pyridine rings is 2. The van der Waals surface area contributed by atoms with Crippen molar-refractivity contribution in [1.29, 1.82) is 0 Å². The van der Waals surface area contributed by atoms with Crippen LogP contribution < -0.4 is 18.9 Å². The van der Waals surface area contributed by atoms with Crippen LogP contribution in [0.15, 0.2) is 48.9 Å². The van der Waals surface area contributed by atoms with Crippen molar-refractivity contribution < 1.29 is 22.3 Å². The monoisotopic (exact) mass is 444 g/mol. The molecule has 0 spiro atoms. The fraction of sp³-hybridized carbons (Fsp3) is 0.238. The van der Waals surface area contributed by atoms with Gasteiger partial charge in [-0.3, -0.25) is 9.71 Å². The molecule has 8 nitrogen and oxygen atoms in total. The van der Waals surface area contributed by atoms with E-state index in [2.05, 4.69) is 19.4 Å². The van der Waals surface area contributed by atoms with Crippen LogP contribution in [-0.4, -0.2) is 25.4 Å². The van der Waals surface area contributed by atoms with Crippen molar-refractivity contribution in [2.24, 2.45) is 0 Å². The van der Waals surface area contributed by atoms with Gasteiger partial charge in [-0.2, -0.15) is 8.42 Å². The molecule has 1 aliphatic carbocycles. The quantitative estimate of drug-likeness (QED) is 0.538. The topological polar surface area (TPSA) is 102 Å². The molecular weight excluding hydrogens is 423 g/mol. The van der Waals surface area contributed by atoms with E-state index in [9.17, 15) is 12.8 Å². The Morgan fingerprint density at radius 2 is 1.81 bits per heavy atom. The normalized spacial score (nSPS) is 13.6. The van der Waals surface area contributed by atoms with Crippen LogP contribution in [0.4, 0.5) is 10.2 Å². The van der Waals surface area contributed by atoms with E-state index in [0.29, 0.717) is 28.7 Å². The fourth-order valence-electron chi connectivity index (χ4n) is 2.93. The standard InChI is InChI=1S/C21H21FN4O4S/c1-13-19(29-16-7-8-25-21(10-16)26-31(27,28)23-2)11-24-12-20(13)30-18-6-5-15(9-17(18)22)14-3-4-14/h5-12,14,23H,3-4H2,1-2H3,(H,25,26). The maximum Gasteiger partial charge on any atom is 0.300 e. The smallest absolute Gasteiger partial charge is 0.300 e. The average molecular weight is 444 g/mol. The molecule has 4 rings (SSSR count). The van der Waals surface area contributed by atoms with E-state index < -0.39 is 16.0 Å². The first-order valence-electron chi connectivity index (χ1n) is 9.62. The third-order valence-electron chi connectivity index (χ3n) is 4.81. The molecule has 0 bridgehead atoms. The van der Waals surface area contributed by atoms with Crippen molar-refractivity contribution in [3.05, 3.63) is 65.9 Å². The first-order chi connectivity index (χ1) is 14.8. The van der Waals surface area contributed by atoms with Crippen molar-refractivity contribution in [1.82, 2.24) is 14.7 Å². The number of halogens is 1. The SMILES string of the molecule is CNS(=O)(=O)Nc1cc(Oc2cncc(Oc3ccc(C4CC4)cc3F)c2C)ccn1. The third-order valence-corrected chi connectivity index (χ3v) is 5.83. The summed E-state index contributed by atoms with van der Waals surface area (Å²) in [5, 5.41) is 0. The molecule has 1 saturated carbocycles. The second-order valence-corrected chi connectivity index (χ2v) is 8.73. The molecule has 0 saturated heterocycles. The van der Waals surface area contributed by atoms with Gasteiger partial charge in [0.05, 0.1) is 12.4 Å². The zero-order valence-electron chi connectivity index (χ0n) is 16.9. The predicted octanol–water partition coefficient (Wildman–Crippen LogP) is 4.26. The average Bonchev–Trinajstić information content (AvgIpc) is 3.58. The second-order valence-electron chi connectivity index (χ2n) is 7.12. The Kier molecular flexibility index (Phi) is 5.75. The van der Waals surface area contributed by atoms with Crippen molar-refractivity contribution in [3.63, 3.8) is 0 Å². The molecule has 2 aromatic heterocycles. The maximum absolute atomic E-state index is 14.5. The second kappa shape index (κ2) is 8.48. The lowest BCUT2D eigenvalue weighted by atomic mass is 10.1. The fourth-order valence-corrected chi connectivity index (χ4v) is 3.42. The van der Waals surface area contributed by atoms with Gasteiger partial charge in [-0.15, -0.1) is 0 Å². The Hall–Kier alpha value is -3.24. The highest BCUT2D eigenvalue weighted by molar-refractivity contribution is 7.90. The highest BCUT2D eigenvalue weighted by Crippen LogP contribution is 2.41. The summed E-state index contributed by atoms with van der Waals surface area (Å²) in [4.78, 5) is 8.06. The van der Waals surface area contributed by atoms with Gasteiger partial charge in [0.15, 0.2) is 23.1 Å². The Balaban J connectivity index is 1.53. The minimum Gasteiger partial charge on any atom is -0.455 e. The summed E-state index contributed by atoms with van der Waals surface area (Å²) in [7, 11) is -2.42. The molecular formula is C21H21FN4O4S. The number of rotatable bonds is 8. The summed E-state index contributed by atoms with van der Waals surface area (Å²) in [6.45, 7) is 1.76. The van der Waals surface area contributed by atoms with Gasteiger partial charge >= 0.3 is 0 Å². The van der Waals surface area contributed by atoms with Crippen LogP contribution in [0.2, 0.25) is 0 Å². The molecule has 10 heteroatoms. The van der Waals surface area contributed by atoms with E-state index in [1.807, 2.05) is 6.07 Å². The van der Waals surface area contributed by atoms with Crippen LogP contribution in [0.5, 0.6) is 23.0 Å². The van der Waals surface area contributed by atoms with Crippen molar-refractivity contribution in [2.75, 3.05) is 11.8 Å². The van der Waals surface area contributed by atoms with Crippen LogP contribution in [0.3, 0.4) is 0 Å². The molecule has 31 heavy (non-hydrogen) atoms. The van der Waals surface area contributed by atoms with Gasteiger partial charge < -0.3 is 9.47 Å². The summed E-state index contributed by atoms with van der Waals surface area (Å²) in [6.07, 6.45) is 6.56. The van der Waals surface area contributed by atoms with Crippen LogP contribution in [0, 0.1) is 12.7 Å². The number of nitrogens with one attached hydrogen (secondary N) is 2. The summed E-state index contributed by atoms with van der Waals surface area (Å²) < 4.78 is 53.7. The number of ether oxygens (including phenoxy) is 2. The van der Waals surface area contributed by atoms with Gasteiger partial charge in [-0.1, -0.05) is 6.07 Å². The molecule has 0 unspecified atom stereocenters. The molecule has 0 aliphatic heterocycles. The van der Waals surface area contributed by atoms with Crippen LogP contribution in [0.1, 0.15) is 29.9 Å². The summed E-state index contributed by atoms with van der Waals surface area (Å²) in [5.41, 5.74) is 1.59. The number of benzene rings is 1. The highest BCUT2D eigenvalue weighted by atomic mass is 32.2. The molecule has 2 N–H and O–H groups in total. The lowest BCUT2D eigenvalue weighted by Crippen LogP contribution is -2.26. The summed E-state index contributed by atoms with van der Waals surface area (Å²) in [5.74, 6) is 1.28. The van der Waals surface area contributed by atoms with Gasteiger partial charge in [0.2, 0.25) is 0 Å². The molecule has 2 heterocycles. The molecule has 1 aromatic carbocycles. The third kappa shape index (κ3) is 5.09. The Morgan fingerprint density at radius 3 is 2.48 bits per heavy atom. The number of hydrogen-bond donors (Lipinski definition) is 2. The van der Waals surface area contributed by atoms with Crippen molar-refractivity contribution in [2.45, 2.75) is 25.7 Å². The van der Waals surface area contributed by atoms with Crippen LogP contribution in [-0.2, 0) is 10.2 Å². The largest absolute Gasteiger partial charge is 0.455 e. The van der Waals surface area contributed by atoms with Crippen LogP contribution in [0.25, 0.3) is 0 Å². The molecule has 162 valence electrons. The first kappa shape index (κ1) is 21.0. The molecule has 0 atom stereocenters. The van der Waals surface area contributed by atoms with Gasteiger partial charge in [-0.05, 0) is 49.4 Å². The summed E-state index contributed by atoms with van der Waals surface area (Å²) >= 11 is 0. The number of nitrogens with zero attached hydrogens (tertiary/aromatic N) is 2. The first-order valence-corrected chi connectivity index (χ1v) is 11.1. The lowest BCUT2D eigenvalue weighted by molar-refractivity contribution is 0.426. The zero-order valence-corrected chi connectivity index (χ0v) is 17.7. The Morgan fingerprint density at radius 1 is 1.06 bits per heavy atom.